The number of benzene rings is 1. The van der Waals surface area contributed by atoms with E-state index in [0.717, 1.165) is 10.4 Å². The van der Waals surface area contributed by atoms with Crippen molar-refractivity contribution < 1.29 is 4.39 Å². The Morgan fingerprint density at radius 2 is 2.17 bits per heavy atom. The Labute approximate surface area is 116 Å². The van der Waals surface area contributed by atoms with E-state index in [2.05, 4.69) is 27.8 Å². The summed E-state index contributed by atoms with van der Waals surface area (Å²) in [5.41, 5.74) is 6.54. The van der Waals surface area contributed by atoms with Gasteiger partial charge in [0.05, 0.1) is 0 Å². The topological polar surface area (TPSA) is 29.3 Å². The third-order valence-electron chi connectivity index (χ3n) is 3.98. The Bertz CT molecular complexity index is 420. The number of likely N-dealkylation sites (N-methyl/N-ethyl adjacent to an activating group) is 1. The Kier molecular flexibility index (Phi) is 4.41. The maximum atomic E-state index is 13.9. The molecular weight excluding hydrogens is 295 g/mol. The van der Waals surface area contributed by atoms with Crippen molar-refractivity contribution in [3.63, 3.8) is 0 Å². The maximum absolute atomic E-state index is 13.9. The van der Waals surface area contributed by atoms with Crippen molar-refractivity contribution >= 4 is 15.9 Å². The van der Waals surface area contributed by atoms with Crippen LogP contribution in [0.3, 0.4) is 0 Å². The molecule has 0 aromatic heterocycles. The van der Waals surface area contributed by atoms with E-state index in [1.165, 1.54) is 18.9 Å². The van der Waals surface area contributed by atoms with Gasteiger partial charge in [0, 0.05) is 28.7 Å². The predicted molar refractivity (Wildman–Crippen MR) is 75.8 cm³/mol. The van der Waals surface area contributed by atoms with E-state index in [-0.39, 0.29) is 11.9 Å². The van der Waals surface area contributed by atoms with Crippen LogP contribution in [-0.4, -0.2) is 24.5 Å². The largest absolute Gasteiger partial charge is 0.329 e. The molecule has 0 radical (unpaired) electrons. The van der Waals surface area contributed by atoms with Crippen molar-refractivity contribution in [3.8, 4) is 0 Å². The van der Waals surface area contributed by atoms with Crippen LogP contribution in [0.4, 0.5) is 4.39 Å². The Morgan fingerprint density at radius 1 is 1.50 bits per heavy atom. The fraction of sp³-hybridized carbons (Fsp3) is 0.571. The van der Waals surface area contributed by atoms with Gasteiger partial charge in [0.2, 0.25) is 0 Å². The molecule has 1 aromatic rings. The highest BCUT2D eigenvalue weighted by atomic mass is 79.9. The molecule has 1 fully saturated rings. The van der Waals surface area contributed by atoms with Gasteiger partial charge in [0.15, 0.2) is 0 Å². The Hall–Kier alpha value is -0.450. The van der Waals surface area contributed by atoms with E-state index < -0.39 is 0 Å². The van der Waals surface area contributed by atoms with E-state index in [1.807, 2.05) is 13.1 Å². The van der Waals surface area contributed by atoms with Gasteiger partial charge >= 0.3 is 0 Å². The van der Waals surface area contributed by atoms with Crippen molar-refractivity contribution in [1.82, 2.24) is 4.90 Å². The van der Waals surface area contributed by atoms with E-state index in [1.54, 1.807) is 6.07 Å². The lowest BCUT2D eigenvalue weighted by molar-refractivity contribution is 0.168. The van der Waals surface area contributed by atoms with Gasteiger partial charge < -0.3 is 5.73 Å². The zero-order valence-corrected chi connectivity index (χ0v) is 12.5. The van der Waals surface area contributed by atoms with Crippen LogP contribution in [0.5, 0.6) is 0 Å². The minimum atomic E-state index is -0.177. The molecule has 2 unspecified atom stereocenters. The van der Waals surface area contributed by atoms with E-state index in [4.69, 9.17) is 5.73 Å². The third kappa shape index (κ3) is 2.92. The van der Waals surface area contributed by atoms with E-state index >= 15 is 0 Å². The van der Waals surface area contributed by atoms with Crippen LogP contribution in [0.15, 0.2) is 22.7 Å². The van der Waals surface area contributed by atoms with Gasteiger partial charge in [0.1, 0.15) is 5.82 Å². The molecule has 0 spiro atoms. The SMILES string of the molecule is CC(C1CC1)N(C)C(CN)c1cc(Br)ccc1F. The maximum Gasteiger partial charge on any atom is 0.128 e. The molecule has 0 saturated heterocycles. The fourth-order valence-corrected chi connectivity index (χ4v) is 2.86. The summed E-state index contributed by atoms with van der Waals surface area (Å²) < 4.78 is 14.8. The Morgan fingerprint density at radius 3 is 2.72 bits per heavy atom. The van der Waals surface area contributed by atoms with Gasteiger partial charge in [-0.15, -0.1) is 0 Å². The second-order valence-corrected chi connectivity index (χ2v) is 6.08. The molecule has 1 aliphatic rings. The average Bonchev–Trinajstić information content (AvgIpc) is 3.17. The lowest BCUT2D eigenvalue weighted by Gasteiger charge is -2.33. The molecule has 0 aliphatic heterocycles. The van der Waals surface area contributed by atoms with Crippen molar-refractivity contribution in [3.05, 3.63) is 34.1 Å². The average molecular weight is 315 g/mol. The molecule has 2 nitrogen and oxygen atoms in total. The summed E-state index contributed by atoms with van der Waals surface area (Å²) in [4.78, 5) is 2.21. The lowest BCUT2D eigenvalue weighted by atomic mass is 10.0. The molecule has 4 heteroatoms. The van der Waals surface area contributed by atoms with Crippen LogP contribution in [-0.2, 0) is 0 Å². The first-order valence-corrected chi connectivity index (χ1v) is 7.20. The van der Waals surface area contributed by atoms with Crippen LogP contribution in [0.25, 0.3) is 0 Å². The summed E-state index contributed by atoms with van der Waals surface area (Å²) in [6.07, 6.45) is 2.56. The summed E-state index contributed by atoms with van der Waals surface area (Å²) in [7, 11) is 2.04. The van der Waals surface area contributed by atoms with Gasteiger partial charge in [-0.05, 0) is 50.9 Å². The number of hydrogen-bond acceptors (Lipinski definition) is 2. The highest BCUT2D eigenvalue weighted by Gasteiger charge is 2.33. The number of halogens is 2. The number of nitrogens with two attached hydrogens (primary N) is 1. The predicted octanol–water partition coefficient (Wildman–Crippen LogP) is 3.32. The Balaban J connectivity index is 2.23. The second-order valence-electron chi connectivity index (χ2n) is 5.16. The molecule has 1 aromatic carbocycles. The van der Waals surface area contributed by atoms with Crippen LogP contribution >= 0.6 is 15.9 Å². The summed E-state index contributed by atoms with van der Waals surface area (Å²) in [5.74, 6) is 0.572. The monoisotopic (exact) mass is 314 g/mol. The first kappa shape index (κ1) is 14.0. The summed E-state index contributed by atoms with van der Waals surface area (Å²) in [6.45, 7) is 2.64. The second kappa shape index (κ2) is 5.68. The van der Waals surface area contributed by atoms with Crippen molar-refractivity contribution in [2.75, 3.05) is 13.6 Å². The summed E-state index contributed by atoms with van der Waals surface area (Å²) in [5, 5.41) is 0. The molecule has 2 rings (SSSR count). The highest BCUT2D eigenvalue weighted by molar-refractivity contribution is 9.10. The van der Waals surface area contributed by atoms with Gasteiger partial charge in [-0.25, -0.2) is 4.39 Å². The molecule has 0 amide bonds. The zero-order chi connectivity index (χ0) is 13.3. The van der Waals surface area contributed by atoms with Gasteiger partial charge in [-0.2, -0.15) is 0 Å². The molecule has 2 atom stereocenters. The van der Waals surface area contributed by atoms with E-state index in [9.17, 15) is 4.39 Å². The summed E-state index contributed by atoms with van der Waals surface area (Å²) in [6, 6.07) is 5.45. The lowest BCUT2D eigenvalue weighted by Crippen LogP contribution is -2.38. The molecule has 0 heterocycles. The van der Waals surface area contributed by atoms with Crippen LogP contribution < -0.4 is 5.73 Å². The van der Waals surface area contributed by atoms with Crippen molar-refractivity contribution in [1.29, 1.82) is 0 Å². The van der Waals surface area contributed by atoms with Gasteiger partial charge in [0.25, 0.3) is 0 Å². The van der Waals surface area contributed by atoms with E-state index in [0.29, 0.717) is 18.2 Å². The summed E-state index contributed by atoms with van der Waals surface area (Å²) >= 11 is 3.40. The quantitative estimate of drug-likeness (QED) is 0.903. The van der Waals surface area contributed by atoms with Gasteiger partial charge in [-0.3, -0.25) is 4.90 Å². The molecule has 0 bridgehead atoms. The van der Waals surface area contributed by atoms with Crippen LogP contribution in [0.2, 0.25) is 0 Å². The minimum Gasteiger partial charge on any atom is -0.329 e. The van der Waals surface area contributed by atoms with Gasteiger partial charge in [-0.1, -0.05) is 15.9 Å². The molecular formula is C14H20BrFN2. The standard InChI is InChI=1S/C14H20BrFN2/c1-9(10-3-4-10)18(2)14(8-17)12-7-11(15)5-6-13(12)16/h5-7,9-10,14H,3-4,8,17H2,1-2H3. The molecule has 100 valence electrons. The number of rotatable bonds is 5. The third-order valence-corrected chi connectivity index (χ3v) is 4.47. The van der Waals surface area contributed by atoms with Crippen molar-refractivity contribution in [2.45, 2.75) is 31.8 Å². The number of nitrogens with zero attached hydrogens (tertiary/aromatic N) is 1. The minimum absolute atomic E-state index is 0.0573. The molecule has 1 aliphatic carbocycles. The smallest absolute Gasteiger partial charge is 0.128 e. The van der Waals surface area contributed by atoms with Crippen molar-refractivity contribution in [2.24, 2.45) is 11.7 Å². The first-order valence-electron chi connectivity index (χ1n) is 6.41. The first-order chi connectivity index (χ1) is 8.54. The highest BCUT2D eigenvalue weighted by Crippen LogP contribution is 2.37. The normalized spacial score (nSPS) is 19.0. The number of hydrogen-bond donors (Lipinski definition) is 1. The van der Waals surface area contributed by atoms with Crippen LogP contribution in [0, 0.1) is 11.7 Å². The van der Waals surface area contributed by atoms with Crippen LogP contribution in [0.1, 0.15) is 31.4 Å². The molecule has 18 heavy (non-hydrogen) atoms. The fourth-order valence-electron chi connectivity index (χ4n) is 2.48. The molecule has 1 saturated carbocycles. The zero-order valence-electron chi connectivity index (χ0n) is 10.9. The molecule has 2 N–H and O–H groups in total.